The van der Waals surface area contributed by atoms with Gasteiger partial charge in [-0.2, -0.15) is 5.26 Å². The standard InChI is InChI=1S/C29H25N3O2/c1-32(2)25-15-13-24(14-16-25)31-29(33)23(19-30)18-27-26-11-7-6-10-22(26)12-17-28(27)34-20-21-8-4-3-5-9-21/h3-18H,20H2,1-2H3,(H,31,33)/b23-18-. The van der Waals surface area contributed by atoms with Crippen LogP contribution in [0.4, 0.5) is 11.4 Å². The lowest BCUT2D eigenvalue weighted by Crippen LogP contribution is -2.14. The van der Waals surface area contributed by atoms with Crippen LogP contribution in [0.5, 0.6) is 5.75 Å². The molecule has 0 fully saturated rings. The lowest BCUT2D eigenvalue weighted by molar-refractivity contribution is -0.112. The fourth-order valence-corrected chi connectivity index (χ4v) is 3.62. The minimum atomic E-state index is -0.470. The molecule has 168 valence electrons. The maximum absolute atomic E-state index is 12.9. The average molecular weight is 448 g/mol. The highest BCUT2D eigenvalue weighted by molar-refractivity contribution is 6.11. The Morgan fingerprint density at radius 2 is 1.65 bits per heavy atom. The van der Waals surface area contributed by atoms with E-state index < -0.39 is 5.91 Å². The predicted octanol–water partition coefficient (Wildman–Crippen LogP) is 6.03. The molecule has 1 N–H and O–H groups in total. The molecule has 0 radical (unpaired) electrons. The summed E-state index contributed by atoms with van der Waals surface area (Å²) in [5.41, 5.74) is 3.37. The number of amides is 1. The predicted molar refractivity (Wildman–Crippen MR) is 138 cm³/mol. The van der Waals surface area contributed by atoms with Gasteiger partial charge in [-0.3, -0.25) is 4.79 Å². The van der Waals surface area contributed by atoms with Crippen molar-refractivity contribution in [2.45, 2.75) is 6.61 Å². The number of nitriles is 1. The number of nitrogens with zero attached hydrogens (tertiary/aromatic N) is 2. The number of hydrogen-bond donors (Lipinski definition) is 1. The number of benzene rings is 4. The van der Waals surface area contributed by atoms with E-state index in [-0.39, 0.29) is 5.57 Å². The zero-order valence-electron chi connectivity index (χ0n) is 19.2. The Labute approximate surface area is 199 Å². The molecule has 0 atom stereocenters. The normalized spacial score (nSPS) is 11.0. The summed E-state index contributed by atoms with van der Waals surface area (Å²) in [5.74, 6) is 0.139. The van der Waals surface area contributed by atoms with E-state index in [9.17, 15) is 10.1 Å². The van der Waals surface area contributed by atoms with Crippen LogP contribution >= 0.6 is 0 Å². The molecule has 0 unspecified atom stereocenters. The zero-order chi connectivity index (χ0) is 23.9. The summed E-state index contributed by atoms with van der Waals surface area (Å²) in [6.45, 7) is 0.381. The molecule has 5 nitrogen and oxygen atoms in total. The molecule has 1 amide bonds. The average Bonchev–Trinajstić information content (AvgIpc) is 2.87. The van der Waals surface area contributed by atoms with Gasteiger partial charge in [0.25, 0.3) is 5.91 Å². The van der Waals surface area contributed by atoms with E-state index in [2.05, 4.69) is 11.4 Å². The second kappa shape index (κ2) is 10.4. The first kappa shape index (κ1) is 22.6. The number of rotatable bonds is 7. The van der Waals surface area contributed by atoms with Crippen molar-refractivity contribution in [3.8, 4) is 11.8 Å². The fraction of sp³-hybridized carbons (Fsp3) is 0.103. The summed E-state index contributed by atoms with van der Waals surface area (Å²) < 4.78 is 6.12. The van der Waals surface area contributed by atoms with Gasteiger partial charge in [-0.15, -0.1) is 0 Å². The third kappa shape index (κ3) is 5.25. The van der Waals surface area contributed by atoms with Gasteiger partial charge in [-0.05, 0) is 52.7 Å². The summed E-state index contributed by atoms with van der Waals surface area (Å²) in [5, 5.41) is 14.5. The van der Waals surface area contributed by atoms with E-state index in [4.69, 9.17) is 4.74 Å². The number of carbonyl (C=O) groups excluding carboxylic acids is 1. The van der Waals surface area contributed by atoms with E-state index in [1.54, 1.807) is 6.08 Å². The molecule has 0 bridgehead atoms. The highest BCUT2D eigenvalue weighted by Crippen LogP contribution is 2.31. The van der Waals surface area contributed by atoms with Gasteiger partial charge >= 0.3 is 0 Å². The molecule has 5 heteroatoms. The number of ether oxygens (including phenoxy) is 1. The second-order valence-electron chi connectivity index (χ2n) is 8.04. The van der Waals surface area contributed by atoms with Gasteiger partial charge in [-0.25, -0.2) is 0 Å². The smallest absolute Gasteiger partial charge is 0.266 e. The van der Waals surface area contributed by atoms with Gasteiger partial charge in [0.1, 0.15) is 24.0 Å². The quantitative estimate of drug-likeness (QED) is 0.277. The maximum atomic E-state index is 12.9. The van der Waals surface area contributed by atoms with Crippen LogP contribution < -0.4 is 15.0 Å². The van der Waals surface area contributed by atoms with Crippen LogP contribution in [-0.2, 0) is 11.4 Å². The Hall–Kier alpha value is -4.56. The maximum Gasteiger partial charge on any atom is 0.266 e. The molecule has 4 rings (SSSR count). The lowest BCUT2D eigenvalue weighted by Gasteiger charge is -2.14. The van der Waals surface area contributed by atoms with Gasteiger partial charge in [0.05, 0.1) is 0 Å². The Morgan fingerprint density at radius 3 is 2.35 bits per heavy atom. The summed E-state index contributed by atoms with van der Waals surface area (Å²) in [4.78, 5) is 14.9. The molecule has 0 aliphatic heterocycles. The molecular weight excluding hydrogens is 422 g/mol. The van der Waals surface area contributed by atoms with Crippen molar-refractivity contribution in [3.63, 3.8) is 0 Å². The first-order valence-corrected chi connectivity index (χ1v) is 10.9. The molecule has 4 aromatic rings. The van der Waals surface area contributed by atoms with Crippen molar-refractivity contribution in [3.05, 3.63) is 108 Å². The Morgan fingerprint density at radius 1 is 0.941 bits per heavy atom. The van der Waals surface area contributed by atoms with Crippen LogP contribution in [0.25, 0.3) is 16.8 Å². The molecule has 0 saturated carbocycles. The van der Waals surface area contributed by atoms with Crippen LogP contribution in [0.15, 0.2) is 96.6 Å². The highest BCUT2D eigenvalue weighted by Gasteiger charge is 2.14. The number of nitrogens with one attached hydrogen (secondary N) is 1. The van der Waals surface area contributed by atoms with E-state index in [0.717, 1.165) is 22.0 Å². The van der Waals surface area contributed by atoms with Crippen LogP contribution in [0.2, 0.25) is 0 Å². The third-order valence-corrected chi connectivity index (χ3v) is 5.46. The molecule has 0 aliphatic rings. The van der Waals surface area contributed by atoms with Crippen LogP contribution in [0.1, 0.15) is 11.1 Å². The second-order valence-corrected chi connectivity index (χ2v) is 8.04. The van der Waals surface area contributed by atoms with Gasteiger partial charge in [0.15, 0.2) is 0 Å². The molecule has 4 aromatic carbocycles. The number of hydrogen-bond acceptors (Lipinski definition) is 4. The summed E-state index contributed by atoms with van der Waals surface area (Å²) in [6.07, 6.45) is 1.60. The zero-order valence-corrected chi connectivity index (χ0v) is 19.2. The monoisotopic (exact) mass is 447 g/mol. The first-order valence-electron chi connectivity index (χ1n) is 10.9. The van der Waals surface area contributed by atoms with Crippen molar-refractivity contribution >= 4 is 34.1 Å². The number of carbonyl (C=O) groups is 1. The van der Waals surface area contributed by atoms with Crippen molar-refractivity contribution in [2.24, 2.45) is 0 Å². The molecule has 0 aromatic heterocycles. The van der Waals surface area contributed by atoms with Crippen molar-refractivity contribution < 1.29 is 9.53 Å². The van der Waals surface area contributed by atoms with Gasteiger partial charge in [0, 0.05) is 31.0 Å². The fourth-order valence-electron chi connectivity index (χ4n) is 3.62. The number of fused-ring (bicyclic) bond motifs is 1. The minimum absolute atomic E-state index is 0.00222. The van der Waals surface area contributed by atoms with E-state index in [1.807, 2.05) is 110 Å². The third-order valence-electron chi connectivity index (χ3n) is 5.46. The molecule has 0 saturated heterocycles. The largest absolute Gasteiger partial charge is 0.488 e. The van der Waals surface area contributed by atoms with Crippen molar-refractivity contribution in [1.29, 1.82) is 5.26 Å². The first-order chi connectivity index (χ1) is 16.5. The lowest BCUT2D eigenvalue weighted by atomic mass is 10.0. The molecule has 0 spiro atoms. The molecular formula is C29H25N3O2. The topological polar surface area (TPSA) is 65.4 Å². The van der Waals surface area contributed by atoms with Crippen molar-refractivity contribution in [1.82, 2.24) is 0 Å². The van der Waals surface area contributed by atoms with Crippen LogP contribution in [0.3, 0.4) is 0 Å². The molecule has 0 aliphatic carbocycles. The Kier molecular flexibility index (Phi) is 6.90. The van der Waals surface area contributed by atoms with Gasteiger partial charge < -0.3 is 15.0 Å². The van der Waals surface area contributed by atoms with E-state index in [0.29, 0.717) is 23.6 Å². The highest BCUT2D eigenvalue weighted by atomic mass is 16.5. The molecule has 34 heavy (non-hydrogen) atoms. The van der Waals surface area contributed by atoms with E-state index in [1.165, 1.54) is 0 Å². The molecule has 0 heterocycles. The summed E-state index contributed by atoms with van der Waals surface area (Å²) >= 11 is 0. The van der Waals surface area contributed by atoms with E-state index >= 15 is 0 Å². The summed E-state index contributed by atoms with van der Waals surface area (Å²) in [7, 11) is 3.90. The van der Waals surface area contributed by atoms with Crippen LogP contribution in [-0.4, -0.2) is 20.0 Å². The Bertz CT molecular complexity index is 1370. The Balaban J connectivity index is 1.66. The van der Waals surface area contributed by atoms with Gasteiger partial charge in [-0.1, -0.05) is 60.7 Å². The SMILES string of the molecule is CN(C)c1ccc(NC(=O)/C(C#N)=C\c2c(OCc3ccccc3)ccc3ccccc23)cc1. The summed E-state index contributed by atoms with van der Waals surface area (Å²) in [6, 6.07) is 31.1. The van der Waals surface area contributed by atoms with Crippen molar-refractivity contribution in [2.75, 3.05) is 24.3 Å². The minimum Gasteiger partial charge on any atom is -0.488 e. The van der Waals surface area contributed by atoms with Crippen LogP contribution in [0, 0.1) is 11.3 Å². The number of anilines is 2. The van der Waals surface area contributed by atoms with Gasteiger partial charge in [0.2, 0.25) is 0 Å².